The molecule has 0 saturated carbocycles. The molecule has 0 bridgehead atoms. The van der Waals surface area contributed by atoms with Crippen molar-refractivity contribution in [2.75, 3.05) is 0 Å². The lowest BCUT2D eigenvalue weighted by atomic mass is 9.89. The molecule has 0 aromatic heterocycles. The lowest BCUT2D eigenvalue weighted by molar-refractivity contribution is -0.137. The first-order chi connectivity index (χ1) is 12.7. The van der Waals surface area contributed by atoms with Gasteiger partial charge in [0, 0.05) is 5.57 Å². The van der Waals surface area contributed by atoms with Crippen LogP contribution in [0.15, 0.2) is 54.1 Å². The van der Waals surface area contributed by atoms with Crippen LogP contribution in [0.2, 0.25) is 0 Å². The van der Waals surface area contributed by atoms with Gasteiger partial charge in [-0.25, -0.2) is 0 Å². The van der Waals surface area contributed by atoms with Gasteiger partial charge in [0.2, 0.25) is 0 Å². The van der Waals surface area contributed by atoms with Gasteiger partial charge in [0.15, 0.2) is 10.9 Å². The van der Waals surface area contributed by atoms with Crippen LogP contribution in [0, 0.1) is 6.92 Å². The molecule has 1 heterocycles. The van der Waals surface area contributed by atoms with Gasteiger partial charge >= 0.3 is 6.18 Å². The van der Waals surface area contributed by atoms with Crippen molar-refractivity contribution in [3.8, 4) is 0 Å². The van der Waals surface area contributed by atoms with E-state index in [4.69, 9.17) is 12.2 Å². The fourth-order valence-electron chi connectivity index (χ4n) is 3.04. The molecule has 0 radical (unpaired) electrons. The zero-order valence-electron chi connectivity index (χ0n) is 14.6. The number of hydrogen-bond acceptors (Lipinski definition) is 2. The van der Waals surface area contributed by atoms with Gasteiger partial charge in [-0.05, 0) is 49.3 Å². The van der Waals surface area contributed by atoms with Crippen molar-refractivity contribution in [3.05, 3.63) is 76.4 Å². The zero-order valence-corrected chi connectivity index (χ0v) is 15.5. The predicted molar refractivity (Wildman–Crippen MR) is 102 cm³/mol. The Morgan fingerprint density at radius 2 is 1.78 bits per heavy atom. The molecule has 27 heavy (non-hydrogen) atoms. The summed E-state index contributed by atoms with van der Waals surface area (Å²) in [6, 6.07) is 11.6. The molecule has 3 rings (SSSR count). The Bertz CT molecular complexity index is 933. The molecule has 2 aromatic carbocycles. The summed E-state index contributed by atoms with van der Waals surface area (Å²) in [6.07, 6.45) is -4.47. The Morgan fingerprint density at radius 1 is 1.11 bits per heavy atom. The fraction of sp³-hybridized carbons (Fsp3) is 0.200. The third kappa shape index (κ3) is 4.03. The summed E-state index contributed by atoms with van der Waals surface area (Å²) in [5.74, 6) is -0.254. The fourth-order valence-corrected chi connectivity index (χ4v) is 3.26. The number of carbonyl (C=O) groups excluding carboxylic acids is 1. The summed E-state index contributed by atoms with van der Waals surface area (Å²) in [5.41, 5.74) is 2.19. The first-order valence-electron chi connectivity index (χ1n) is 8.23. The van der Waals surface area contributed by atoms with Crippen LogP contribution in [0.3, 0.4) is 0 Å². The molecule has 0 spiro atoms. The van der Waals surface area contributed by atoms with E-state index in [9.17, 15) is 18.0 Å². The quantitative estimate of drug-likeness (QED) is 0.756. The molecule has 1 atom stereocenters. The molecular formula is C20H17F3N2OS. The average molecular weight is 390 g/mol. The largest absolute Gasteiger partial charge is 0.416 e. The molecule has 2 aromatic rings. The van der Waals surface area contributed by atoms with E-state index < -0.39 is 17.8 Å². The van der Waals surface area contributed by atoms with E-state index in [1.54, 1.807) is 6.07 Å². The highest BCUT2D eigenvalue weighted by Crippen LogP contribution is 2.35. The molecule has 3 nitrogen and oxygen atoms in total. The van der Waals surface area contributed by atoms with E-state index >= 15 is 0 Å². The Balaban J connectivity index is 2.16. The van der Waals surface area contributed by atoms with E-state index in [1.807, 2.05) is 31.2 Å². The van der Waals surface area contributed by atoms with E-state index in [-0.39, 0.29) is 10.9 Å². The van der Waals surface area contributed by atoms with Crippen molar-refractivity contribution in [2.24, 2.45) is 0 Å². The van der Waals surface area contributed by atoms with Crippen LogP contribution in [-0.2, 0) is 11.0 Å². The summed E-state index contributed by atoms with van der Waals surface area (Å²) in [4.78, 5) is 12.4. The number of halogens is 3. The van der Waals surface area contributed by atoms with Crippen LogP contribution < -0.4 is 10.6 Å². The van der Waals surface area contributed by atoms with Gasteiger partial charge in [0.05, 0.1) is 17.3 Å². The van der Waals surface area contributed by atoms with E-state index in [2.05, 4.69) is 10.6 Å². The van der Waals surface area contributed by atoms with Crippen molar-refractivity contribution in [1.29, 1.82) is 0 Å². The molecular weight excluding hydrogens is 373 g/mol. The van der Waals surface area contributed by atoms with Gasteiger partial charge < -0.3 is 10.6 Å². The Hall–Kier alpha value is -2.67. The highest BCUT2D eigenvalue weighted by molar-refractivity contribution is 7.80. The predicted octanol–water partition coefficient (Wildman–Crippen LogP) is 4.53. The Morgan fingerprint density at radius 3 is 2.37 bits per heavy atom. The first-order valence-corrected chi connectivity index (χ1v) is 8.64. The number of ketones is 1. The minimum absolute atomic E-state index is 0.248. The monoisotopic (exact) mass is 390 g/mol. The average Bonchev–Trinajstić information content (AvgIpc) is 2.60. The maximum Gasteiger partial charge on any atom is 0.416 e. The molecule has 0 saturated heterocycles. The molecule has 1 aliphatic rings. The van der Waals surface area contributed by atoms with Gasteiger partial charge in [-0.3, -0.25) is 4.79 Å². The third-order valence-electron chi connectivity index (χ3n) is 4.34. The number of hydrogen-bond donors (Lipinski definition) is 2. The number of thiocarbonyl (C=S) groups is 1. The lowest BCUT2D eigenvalue weighted by Gasteiger charge is -2.31. The summed E-state index contributed by atoms with van der Waals surface area (Å²) in [7, 11) is 0. The summed E-state index contributed by atoms with van der Waals surface area (Å²) in [5, 5.41) is 6.16. The van der Waals surface area contributed by atoms with Gasteiger partial charge in [-0.2, -0.15) is 13.2 Å². The lowest BCUT2D eigenvalue weighted by Crippen LogP contribution is -2.44. The van der Waals surface area contributed by atoms with Crippen molar-refractivity contribution in [2.45, 2.75) is 26.1 Å². The highest BCUT2D eigenvalue weighted by Gasteiger charge is 2.34. The SMILES string of the molecule is CC(=O)C1=C(c2ccc(C)cc2)NC(=S)N[C@@H]1c1cccc(C(F)(F)F)c1. The van der Waals surface area contributed by atoms with Crippen molar-refractivity contribution in [3.63, 3.8) is 0 Å². The number of rotatable bonds is 3. The smallest absolute Gasteiger partial charge is 0.351 e. The van der Waals surface area contributed by atoms with Crippen LogP contribution in [-0.4, -0.2) is 10.9 Å². The number of alkyl halides is 3. The minimum Gasteiger partial charge on any atom is -0.351 e. The van der Waals surface area contributed by atoms with Crippen molar-refractivity contribution >= 4 is 28.8 Å². The van der Waals surface area contributed by atoms with Gasteiger partial charge in [0.1, 0.15) is 0 Å². The highest BCUT2D eigenvalue weighted by atomic mass is 32.1. The maximum atomic E-state index is 13.1. The molecule has 2 N–H and O–H groups in total. The number of benzene rings is 2. The van der Waals surface area contributed by atoms with Gasteiger partial charge in [-0.1, -0.05) is 42.0 Å². The molecule has 0 fully saturated rings. The van der Waals surface area contributed by atoms with Gasteiger partial charge in [0.25, 0.3) is 0 Å². The van der Waals surface area contributed by atoms with E-state index in [0.29, 0.717) is 16.8 Å². The van der Waals surface area contributed by atoms with Crippen LogP contribution in [0.4, 0.5) is 13.2 Å². The standard InChI is InChI=1S/C20H17F3N2OS/c1-11-6-8-13(9-7-11)17-16(12(2)26)18(25-19(27)24-17)14-4-3-5-15(10-14)20(21,22)23/h3-10,18H,1-2H3,(H2,24,25,27)/t18-/m1/s1. The number of carbonyl (C=O) groups is 1. The van der Waals surface area contributed by atoms with E-state index in [0.717, 1.165) is 23.3 Å². The van der Waals surface area contributed by atoms with Crippen LogP contribution >= 0.6 is 12.2 Å². The second kappa shape index (κ2) is 7.15. The molecule has 0 unspecified atom stereocenters. The number of Topliss-reactive ketones (excluding diaryl/α,β-unsaturated/α-hetero) is 1. The van der Waals surface area contributed by atoms with Crippen LogP contribution in [0.5, 0.6) is 0 Å². The van der Waals surface area contributed by atoms with Crippen LogP contribution in [0.1, 0.15) is 35.2 Å². The zero-order chi connectivity index (χ0) is 19.8. The molecule has 0 aliphatic carbocycles. The second-order valence-corrected chi connectivity index (χ2v) is 6.77. The normalized spacial score (nSPS) is 17.4. The summed E-state index contributed by atoms with van der Waals surface area (Å²) in [6.45, 7) is 3.33. The molecule has 1 aliphatic heterocycles. The third-order valence-corrected chi connectivity index (χ3v) is 4.56. The molecule has 140 valence electrons. The van der Waals surface area contributed by atoms with Gasteiger partial charge in [-0.15, -0.1) is 0 Å². The minimum atomic E-state index is -4.47. The first kappa shape index (κ1) is 19.1. The summed E-state index contributed by atoms with van der Waals surface area (Å²) >= 11 is 5.24. The summed E-state index contributed by atoms with van der Waals surface area (Å²) < 4.78 is 39.3. The molecule has 7 heteroatoms. The Labute approximate surface area is 160 Å². The van der Waals surface area contributed by atoms with E-state index in [1.165, 1.54) is 13.0 Å². The maximum absolute atomic E-state index is 13.1. The number of nitrogens with one attached hydrogen (secondary N) is 2. The topological polar surface area (TPSA) is 41.1 Å². The van der Waals surface area contributed by atoms with Crippen LogP contribution in [0.25, 0.3) is 5.70 Å². The Kier molecular flexibility index (Phi) is 5.06. The molecule has 0 amide bonds. The van der Waals surface area contributed by atoms with Crippen molar-refractivity contribution in [1.82, 2.24) is 10.6 Å². The second-order valence-electron chi connectivity index (χ2n) is 6.37. The number of aryl methyl sites for hydroxylation is 1. The van der Waals surface area contributed by atoms with Crippen molar-refractivity contribution < 1.29 is 18.0 Å².